The van der Waals surface area contributed by atoms with Crippen molar-refractivity contribution in [2.24, 2.45) is 0 Å². The highest BCUT2D eigenvalue weighted by molar-refractivity contribution is 5.96. The van der Waals surface area contributed by atoms with Crippen molar-refractivity contribution in [3.8, 4) is 6.07 Å². The summed E-state index contributed by atoms with van der Waals surface area (Å²) in [6.45, 7) is 9.00. The predicted molar refractivity (Wildman–Crippen MR) is 154 cm³/mol. The highest BCUT2D eigenvalue weighted by Gasteiger charge is 2.19. The van der Waals surface area contributed by atoms with Gasteiger partial charge in [-0.25, -0.2) is 0 Å². The minimum absolute atomic E-state index is 0.186. The highest BCUT2D eigenvalue weighted by atomic mass is 16.5. The third-order valence-corrected chi connectivity index (χ3v) is 7.48. The Morgan fingerprint density at radius 2 is 1.97 bits per heavy atom. The number of hydrogen-bond acceptors (Lipinski definition) is 6. The van der Waals surface area contributed by atoms with E-state index < -0.39 is 0 Å². The Bertz CT molecular complexity index is 1440. The average molecular weight is 528 g/mol. The van der Waals surface area contributed by atoms with Crippen LogP contribution in [0.5, 0.6) is 0 Å². The minimum Gasteiger partial charge on any atom is -0.451 e. The fraction of sp³-hybridized carbons (Fsp3) is 0.419. The molecule has 2 N–H and O–H groups in total. The molecular weight excluding hydrogens is 490 g/mol. The molecule has 0 atom stereocenters. The quantitative estimate of drug-likeness (QED) is 0.249. The molecule has 204 valence electrons. The number of rotatable bonds is 12. The van der Waals surface area contributed by atoms with Crippen molar-refractivity contribution in [1.82, 2.24) is 15.2 Å². The van der Waals surface area contributed by atoms with Crippen molar-refractivity contribution in [3.63, 3.8) is 0 Å². The van der Waals surface area contributed by atoms with Crippen molar-refractivity contribution >= 4 is 33.5 Å². The van der Waals surface area contributed by atoms with Crippen LogP contribution in [0.25, 0.3) is 21.9 Å². The number of H-pyrrole nitrogens is 1. The molecule has 0 spiro atoms. The second-order valence-electron chi connectivity index (χ2n) is 10.1. The number of unbranched alkanes of at least 4 members (excludes halogenated alkanes) is 1. The molecule has 0 bridgehead atoms. The summed E-state index contributed by atoms with van der Waals surface area (Å²) in [7, 11) is 0. The van der Waals surface area contributed by atoms with E-state index in [2.05, 4.69) is 44.5 Å². The molecule has 4 aromatic rings. The van der Waals surface area contributed by atoms with Crippen LogP contribution >= 0.6 is 0 Å². The molecule has 39 heavy (non-hydrogen) atoms. The van der Waals surface area contributed by atoms with Gasteiger partial charge in [-0.3, -0.25) is 9.69 Å². The fourth-order valence-electron chi connectivity index (χ4n) is 5.28. The number of nitrogens with zero attached hydrogens (tertiary/aromatic N) is 3. The molecule has 0 saturated carbocycles. The van der Waals surface area contributed by atoms with Crippen LogP contribution in [0.2, 0.25) is 0 Å². The van der Waals surface area contributed by atoms with Crippen LogP contribution in [0.3, 0.4) is 0 Å². The van der Waals surface area contributed by atoms with Gasteiger partial charge in [0.1, 0.15) is 5.58 Å². The summed E-state index contributed by atoms with van der Waals surface area (Å²) in [5, 5.41) is 14.2. The van der Waals surface area contributed by atoms with Crippen molar-refractivity contribution in [3.05, 3.63) is 65.5 Å². The first-order valence-electron chi connectivity index (χ1n) is 14.0. The zero-order chi connectivity index (χ0) is 27.0. The lowest BCUT2D eigenvalue weighted by Crippen LogP contribution is -2.46. The average Bonchev–Trinajstić information content (AvgIpc) is 3.59. The number of hydrogen-bond donors (Lipinski definition) is 2. The van der Waals surface area contributed by atoms with Gasteiger partial charge < -0.3 is 24.4 Å². The molecule has 1 fully saturated rings. The molecule has 1 saturated heterocycles. The number of amides is 1. The van der Waals surface area contributed by atoms with E-state index in [1.165, 1.54) is 16.6 Å². The Labute approximate surface area is 229 Å². The van der Waals surface area contributed by atoms with Gasteiger partial charge in [0.2, 0.25) is 0 Å². The number of fused-ring (bicyclic) bond motifs is 2. The SMILES string of the molecule is CCOCCCNC(=O)c1cc2cc(N3CCN(CCCCc4c[nH]c5ccc(C#N)cc45)CC3)ccc2o1. The van der Waals surface area contributed by atoms with Gasteiger partial charge in [0.15, 0.2) is 5.76 Å². The lowest BCUT2D eigenvalue weighted by Gasteiger charge is -2.36. The minimum atomic E-state index is -0.186. The van der Waals surface area contributed by atoms with Crippen LogP contribution in [-0.2, 0) is 11.2 Å². The van der Waals surface area contributed by atoms with Crippen LogP contribution in [-0.4, -0.2) is 68.3 Å². The topological polar surface area (TPSA) is 97.5 Å². The molecule has 8 heteroatoms. The number of piperazine rings is 1. The van der Waals surface area contributed by atoms with Gasteiger partial charge in [0.05, 0.1) is 11.6 Å². The number of anilines is 1. The zero-order valence-electron chi connectivity index (χ0n) is 22.7. The zero-order valence-corrected chi connectivity index (χ0v) is 22.7. The second-order valence-corrected chi connectivity index (χ2v) is 10.1. The number of nitriles is 1. The maximum absolute atomic E-state index is 12.5. The summed E-state index contributed by atoms with van der Waals surface area (Å²) in [5.41, 5.74) is 5.01. The molecule has 1 aliphatic heterocycles. The first-order valence-corrected chi connectivity index (χ1v) is 14.0. The molecule has 0 radical (unpaired) electrons. The number of carbonyl (C=O) groups is 1. The van der Waals surface area contributed by atoms with E-state index in [4.69, 9.17) is 9.15 Å². The summed E-state index contributed by atoms with van der Waals surface area (Å²) < 4.78 is 11.1. The largest absolute Gasteiger partial charge is 0.451 e. The first kappa shape index (κ1) is 26.8. The van der Waals surface area contributed by atoms with E-state index >= 15 is 0 Å². The maximum atomic E-state index is 12.5. The number of aromatic amines is 1. The monoisotopic (exact) mass is 527 g/mol. The van der Waals surface area contributed by atoms with Gasteiger partial charge in [0.25, 0.3) is 5.91 Å². The summed E-state index contributed by atoms with van der Waals surface area (Å²) in [4.78, 5) is 20.7. The first-order chi connectivity index (χ1) is 19.1. The molecule has 5 rings (SSSR count). The number of carbonyl (C=O) groups excluding carboxylic acids is 1. The van der Waals surface area contributed by atoms with Crippen LogP contribution < -0.4 is 10.2 Å². The Hall–Kier alpha value is -3.80. The van der Waals surface area contributed by atoms with Gasteiger partial charge in [-0.2, -0.15) is 5.26 Å². The summed E-state index contributed by atoms with van der Waals surface area (Å²) in [6, 6.07) is 16.1. The molecule has 0 unspecified atom stereocenters. The molecule has 8 nitrogen and oxygen atoms in total. The van der Waals surface area contributed by atoms with Gasteiger partial charge >= 0.3 is 0 Å². The number of benzene rings is 2. The number of aryl methyl sites for hydroxylation is 1. The van der Waals surface area contributed by atoms with E-state index in [1.807, 2.05) is 37.3 Å². The van der Waals surface area contributed by atoms with E-state index in [0.29, 0.717) is 31.1 Å². The Morgan fingerprint density at radius 3 is 2.79 bits per heavy atom. The van der Waals surface area contributed by atoms with E-state index in [1.54, 1.807) is 0 Å². The number of furan rings is 1. The molecule has 2 aromatic carbocycles. The Morgan fingerprint density at radius 1 is 1.10 bits per heavy atom. The van der Waals surface area contributed by atoms with Crippen LogP contribution in [0.15, 0.2) is 53.1 Å². The van der Waals surface area contributed by atoms with E-state index in [-0.39, 0.29) is 5.91 Å². The third kappa shape index (κ3) is 6.62. The highest BCUT2D eigenvalue weighted by Crippen LogP contribution is 2.26. The van der Waals surface area contributed by atoms with Gasteiger partial charge in [-0.15, -0.1) is 0 Å². The molecule has 1 aliphatic rings. The summed E-state index contributed by atoms with van der Waals surface area (Å²) in [5.74, 6) is 0.163. The predicted octanol–water partition coefficient (Wildman–Crippen LogP) is 5.09. The Balaban J connectivity index is 1.07. The van der Waals surface area contributed by atoms with Gasteiger partial charge in [-0.1, -0.05) is 0 Å². The van der Waals surface area contributed by atoms with Crippen LogP contribution in [0.4, 0.5) is 5.69 Å². The smallest absolute Gasteiger partial charge is 0.287 e. The maximum Gasteiger partial charge on any atom is 0.287 e. The van der Waals surface area contributed by atoms with Crippen molar-refractivity contribution in [1.29, 1.82) is 5.26 Å². The normalized spacial score (nSPS) is 14.2. The summed E-state index contributed by atoms with van der Waals surface area (Å²) >= 11 is 0. The molecule has 0 aliphatic carbocycles. The third-order valence-electron chi connectivity index (χ3n) is 7.48. The number of nitrogens with one attached hydrogen (secondary N) is 2. The van der Waals surface area contributed by atoms with Gasteiger partial charge in [0, 0.05) is 74.1 Å². The fourth-order valence-corrected chi connectivity index (χ4v) is 5.28. The van der Waals surface area contributed by atoms with Crippen LogP contribution in [0.1, 0.15) is 47.9 Å². The summed E-state index contributed by atoms with van der Waals surface area (Å²) in [6.07, 6.45) is 6.17. The number of aromatic nitrogens is 1. The Kier molecular flexibility index (Phi) is 8.82. The van der Waals surface area contributed by atoms with Gasteiger partial charge in [-0.05, 0) is 87.2 Å². The molecular formula is C31H37N5O3. The number of ether oxygens (including phenoxy) is 1. The van der Waals surface area contributed by atoms with E-state index in [9.17, 15) is 10.1 Å². The van der Waals surface area contributed by atoms with Crippen molar-refractivity contribution < 1.29 is 13.9 Å². The van der Waals surface area contributed by atoms with Crippen molar-refractivity contribution in [2.75, 3.05) is 57.4 Å². The second kappa shape index (κ2) is 12.8. The van der Waals surface area contributed by atoms with Crippen LogP contribution in [0, 0.1) is 11.3 Å². The van der Waals surface area contributed by atoms with Crippen molar-refractivity contribution in [2.45, 2.75) is 32.6 Å². The molecule has 3 heterocycles. The molecule has 1 amide bonds. The standard InChI is InChI=1S/C31H37N5O3/c1-2-38-17-5-11-33-31(37)30-20-25-19-26(8-10-29(25)39-30)36-15-13-35(14-16-36)12-4-3-6-24-22-34-28-9-7-23(21-32)18-27(24)28/h7-10,18-20,22,34H,2-6,11-17H2,1H3,(H,33,37). The lowest BCUT2D eigenvalue weighted by atomic mass is 10.1. The van der Waals surface area contributed by atoms with E-state index in [0.717, 1.165) is 74.9 Å². The lowest BCUT2D eigenvalue weighted by molar-refractivity contribution is 0.0919. The molecule has 2 aromatic heterocycles.